The van der Waals surface area contributed by atoms with Crippen molar-refractivity contribution in [3.63, 3.8) is 0 Å². The van der Waals surface area contributed by atoms with Crippen molar-refractivity contribution in [2.24, 2.45) is 0 Å². The van der Waals surface area contributed by atoms with E-state index in [9.17, 15) is 13.2 Å². The molecule has 4 rings (SSSR count). The predicted octanol–water partition coefficient (Wildman–Crippen LogP) is 3.27. The molecule has 0 aromatic carbocycles. The van der Waals surface area contributed by atoms with Crippen molar-refractivity contribution < 1.29 is 32.3 Å². The molecule has 2 aliphatic heterocycles. The quantitative estimate of drug-likeness (QED) is 0.786. The fourth-order valence-electron chi connectivity index (χ4n) is 3.53. The van der Waals surface area contributed by atoms with E-state index in [0.717, 1.165) is 37.4 Å². The van der Waals surface area contributed by atoms with Crippen LogP contribution in [0.25, 0.3) is 0 Å². The Balaban J connectivity index is 0.000000298. The molecule has 2 fully saturated rings. The molecule has 12 heteroatoms. The zero-order valence-electron chi connectivity index (χ0n) is 15.8. The van der Waals surface area contributed by atoms with Crippen LogP contribution in [-0.2, 0) is 16.1 Å². The van der Waals surface area contributed by atoms with Crippen LogP contribution in [0.1, 0.15) is 47.8 Å². The lowest BCUT2D eigenvalue weighted by atomic mass is 9.99. The summed E-state index contributed by atoms with van der Waals surface area (Å²) in [7, 11) is 0. The predicted molar refractivity (Wildman–Crippen MR) is 95.2 cm³/mol. The minimum Gasteiger partial charge on any atom is -0.475 e. The molecule has 3 atom stereocenters. The highest BCUT2D eigenvalue weighted by Crippen LogP contribution is 2.38. The van der Waals surface area contributed by atoms with Gasteiger partial charge in [0.15, 0.2) is 5.82 Å². The number of carbonyl (C=O) groups is 1. The Kier molecular flexibility index (Phi) is 6.54. The Morgan fingerprint density at radius 1 is 1.31 bits per heavy atom. The van der Waals surface area contributed by atoms with Gasteiger partial charge in [-0.15, -0.1) is 11.3 Å². The van der Waals surface area contributed by atoms with Gasteiger partial charge in [-0.1, -0.05) is 5.16 Å². The van der Waals surface area contributed by atoms with Crippen LogP contribution in [-0.4, -0.2) is 56.0 Å². The number of aliphatic carboxylic acids is 1. The fourth-order valence-corrected chi connectivity index (χ4v) is 4.13. The van der Waals surface area contributed by atoms with E-state index < -0.39 is 12.1 Å². The number of aromatic nitrogens is 3. The number of nitrogens with zero attached hydrogens (tertiary/aromatic N) is 4. The molecule has 8 nitrogen and oxygen atoms in total. The Hall–Kier alpha value is -2.05. The number of thiazole rings is 1. The highest BCUT2D eigenvalue weighted by molar-refractivity contribution is 7.09. The second-order valence-corrected chi connectivity index (χ2v) is 7.97. The summed E-state index contributed by atoms with van der Waals surface area (Å²) in [4.78, 5) is 20.3. The van der Waals surface area contributed by atoms with E-state index in [1.165, 1.54) is 5.69 Å². The molecule has 0 amide bonds. The van der Waals surface area contributed by atoms with Gasteiger partial charge in [0.2, 0.25) is 0 Å². The Morgan fingerprint density at radius 2 is 2.03 bits per heavy atom. The molecule has 1 N–H and O–H groups in total. The summed E-state index contributed by atoms with van der Waals surface area (Å²) >= 11 is 1.72. The molecule has 2 saturated heterocycles. The molecule has 160 valence electrons. The molecule has 29 heavy (non-hydrogen) atoms. The van der Waals surface area contributed by atoms with Gasteiger partial charge in [0.05, 0.1) is 16.8 Å². The van der Waals surface area contributed by atoms with Gasteiger partial charge < -0.3 is 14.4 Å². The van der Waals surface area contributed by atoms with Crippen molar-refractivity contribution >= 4 is 17.3 Å². The topological polar surface area (TPSA) is 102 Å². The molecule has 4 heterocycles. The van der Waals surface area contributed by atoms with E-state index in [2.05, 4.69) is 32.3 Å². The van der Waals surface area contributed by atoms with Gasteiger partial charge >= 0.3 is 12.1 Å². The SMILES string of the molecule is Cc1noc([C@H]2CC[C@@H]3[C@@H](CCN3Cc3csc(C)n3)O2)n1.O=C(O)C(F)(F)F. The zero-order valence-corrected chi connectivity index (χ0v) is 16.7. The normalized spacial score (nSPS) is 24.7. The first-order valence-corrected chi connectivity index (χ1v) is 9.92. The van der Waals surface area contributed by atoms with Gasteiger partial charge in [0.1, 0.15) is 6.10 Å². The van der Waals surface area contributed by atoms with E-state index in [1.807, 2.05) is 6.92 Å². The van der Waals surface area contributed by atoms with E-state index in [0.29, 0.717) is 17.8 Å². The molecular weight excluding hydrogens is 413 g/mol. The zero-order chi connectivity index (χ0) is 21.2. The van der Waals surface area contributed by atoms with Gasteiger partial charge in [-0.25, -0.2) is 9.78 Å². The third-order valence-electron chi connectivity index (χ3n) is 4.76. The molecule has 0 aliphatic carbocycles. The maximum atomic E-state index is 10.6. The first-order chi connectivity index (χ1) is 13.6. The monoisotopic (exact) mass is 434 g/mol. The average Bonchev–Trinajstić information content (AvgIpc) is 3.36. The number of aryl methyl sites for hydroxylation is 2. The summed E-state index contributed by atoms with van der Waals surface area (Å²) in [6, 6.07) is 0.488. The highest BCUT2D eigenvalue weighted by atomic mass is 32.1. The third kappa shape index (κ3) is 5.52. The summed E-state index contributed by atoms with van der Waals surface area (Å²) in [5.41, 5.74) is 1.18. The van der Waals surface area contributed by atoms with Crippen molar-refractivity contribution in [3.05, 3.63) is 27.8 Å². The average molecular weight is 434 g/mol. The van der Waals surface area contributed by atoms with E-state index in [4.69, 9.17) is 19.2 Å². The Bertz CT molecular complexity index is 841. The Labute approximate surface area is 168 Å². The molecule has 0 radical (unpaired) electrons. The molecular formula is C17H21F3N4O4S. The molecule has 2 aromatic heterocycles. The third-order valence-corrected chi connectivity index (χ3v) is 5.58. The second-order valence-electron chi connectivity index (χ2n) is 6.91. The van der Waals surface area contributed by atoms with Crippen LogP contribution in [0.3, 0.4) is 0 Å². The summed E-state index contributed by atoms with van der Waals surface area (Å²) in [6.07, 6.45) is -1.73. The van der Waals surface area contributed by atoms with Crippen molar-refractivity contribution in [1.29, 1.82) is 0 Å². The number of ether oxygens (including phenoxy) is 1. The molecule has 2 aromatic rings. The number of likely N-dealkylation sites (tertiary alicyclic amines) is 1. The van der Waals surface area contributed by atoms with E-state index in [1.54, 1.807) is 11.3 Å². The maximum absolute atomic E-state index is 10.6. The van der Waals surface area contributed by atoms with Gasteiger partial charge in [-0.05, 0) is 33.1 Å². The molecule has 0 bridgehead atoms. The number of carboxylic acids is 1. The number of carboxylic acid groups (broad SMARTS) is 1. The van der Waals surface area contributed by atoms with Gasteiger partial charge in [-0.3, -0.25) is 4.90 Å². The van der Waals surface area contributed by atoms with E-state index in [-0.39, 0.29) is 12.2 Å². The summed E-state index contributed by atoms with van der Waals surface area (Å²) in [5, 5.41) is 14.3. The molecule has 2 aliphatic rings. The fraction of sp³-hybridized carbons (Fsp3) is 0.647. The first kappa shape index (κ1) is 21.7. The van der Waals surface area contributed by atoms with Crippen molar-refractivity contribution in [1.82, 2.24) is 20.0 Å². The standard InChI is InChI=1S/C15H20N4O2S.C2HF3O2/c1-9-16-15(21-18-9)14-4-3-12-13(20-14)5-6-19(12)7-11-8-22-10(2)17-11;3-2(4,5)1(6)7/h8,12-14H,3-7H2,1-2H3;(H,6,7)/t12-,13-,14-;/m1./s1. The van der Waals surface area contributed by atoms with Gasteiger partial charge in [0, 0.05) is 24.5 Å². The van der Waals surface area contributed by atoms with Crippen LogP contribution in [0, 0.1) is 13.8 Å². The van der Waals surface area contributed by atoms with Crippen LogP contribution in [0.15, 0.2) is 9.90 Å². The lowest BCUT2D eigenvalue weighted by Gasteiger charge is -2.34. The number of fused-ring (bicyclic) bond motifs is 1. The van der Waals surface area contributed by atoms with Crippen LogP contribution < -0.4 is 0 Å². The summed E-state index contributed by atoms with van der Waals surface area (Å²) < 4.78 is 43.2. The summed E-state index contributed by atoms with van der Waals surface area (Å²) in [6.45, 7) is 5.90. The van der Waals surface area contributed by atoms with Crippen molar-refractivity contribution in [3.8, 4) is 0 Å². The van der Waals surface area contributed by atoms with E-state index >= 15 is 0 Å². The smallest absolute Gasteiger partial charge is 0.475 e. The van der Waals surface area contributed by atoms with Crippen molar-refractivity contribution in [2.45, 2.75) is 64.1 Å². The van der Waals surface area contributed by atoms with Crippen LogP contribution in [0.5, 0.6) is 0 Å². The number of halogens is 3. The number of hydrogen-bond donors (Lipinski definition) is 1. The lowest BCUT2D eigenvalue weighted by molar-refractivity contribution is -0.192. The Morgan fingerprint density at radius 3 is 2.59 bits per heavy atom. The van der Waals surface area contributed by atoms with Crippen LogP contribution in [0.4, 0.5) is 13.2 Å². The van der Waals surface area contributed by atoms with Gasteiger partial charge in [-0.2, -0.15) is 18.2 Å². The largest absolute Gasteiger partial charge is 0.490 e. The molecule has 0 unspecified atom stereocenters. The second kappa shape index (κ2) is 8.76. The van der Waals surface area contributed by atoms with Crippen LogP contribution >= 0.6 is 11.3 Å². The number of hydrogen-bond acceptors (Lipinski definition) is 8. The minimum absolute atomic E-state index is 0.0380. The van der Waals surface area contributed by atoms with Gasteiger partial charge in [0.25, 0.3) is 5.89 Å². The first-order valence-electron chi connectivity index (χ1n) is 9.04. The molecule has 0 saturated carbocycles. The van der Waals surface area contributed by atoms with Crippen LogP contribution in [0.2, 0.25) is 0 Å². The highest BCUT2D eigenvalue weighted by Gasteiger charge is 2.41. The number of rotatable bonds is 3. The van der Waals surface area contributed by atoms with Crippen molar-refractivity contribution in [2.75, 3.05) is 6.54 Å². The summed E-state index contributed by atoms with van der Waals surface area (Å²) in [5.74, 6) is -1.45. The lowest BCUT2D eigenvalue weighted by Crippen LogP contribution is -2.40. The number of alkyl halides is 3. The minimum atomic E-state index is -5.08. The maximum Gasteiger partial charge on any atom is 0.490 e. The molecule has 0 spiro atoms.